The number of benzene rings is 2. The predicted molar refractivity (Wildman–Crippen MR) is 141 cm³/mol. The van der Waals surface area contributed by atoms with E-state index in [1.807, 2.05) is 36.4 Å². The van der Waals surface area contributed by atoms with Gasteiger partial charge in [-0.3, -0.25) is 9.78 Å². The van der Waals surface area contributed by atoms with Crippen molar-refractivity contribution in [2.24, 2.45) is 0 Å². The van der Waals surface area contributed by atoms with Crippen molar-refractivity contribution in [1.29, 1.82) is 0 Å². The Labute approximate surface area is 223 Å². The van der Waals surface area contributed by atoms with Crippen molar-refractivity contribution in [1.82, 2.24) is 25.1 Å². The number of carbonyl (C=O) groups excluding carboxylic acids is 1. The summed E-state index contributed by atoms with van der Waals surface area (Å²) in [6, 6.07) is 27.1. The van der Waals surface area contributed by atoms with E-state index in [2.05, 4.69) is 44.6 Å². The molecule has 1 N–H and O–H groups in total. The molecule has 0 unspecified atom stereocenters. The molecule has 0 aliphatic heterocycles. The number of halogens is 3. The molecule has 5 rings (SSSR count). The molecule has 6 nitrogen and oxygen atoms in total. The molecule has 0 bridgehead atoms. The second kappa shape index (κ2) is 11.3. The van der Waals surface area contributed by atoms with Gasteiger partial charge in [0.05, 0.1) is 11.3 Å². The summed E-state index contributed by atoms with van der Waals surface area (Å²) in [5.74, 6) is -0.313. The maximum atomic E-state index is 13.8. The van der Waals surface area contributed by atoms with Gasteiger partial charge in [0, 0.05) is 36.6 Å². The van der Waals surface area contributed by atoms with E-state index >= 15 is 0 Å². The summed E-state index contributed by atoms with van der Waals surface area (Å²) in [6.07, 6.45) is 0.236. The summed E-state index contributed by atoms with van der Waals surface area (Å²) < 4.78 is 42.0. The second-order valence-electron chi connectivity index (χ2n) is 8.89. The van der Waals surface area contributed by atoms with Crippen molar-refractivity contribution in [3.05, 3.63) is 132 Å². The maximum absolute atomic E-state index is 13.8. The molecule has 0 saturated heterocycles. The third-order valence-electron chi connectivity index (χ3n) is 6.31. The summed E-state index contributed by atoms with van der Waals surface area (Å²) in [5, 5.41) is 7.01. The number of alkyl halides is 3. The van der Waals surface area contributed by atoms with Crippen LogP contribution < -0.4 is 5.32 Å². The molecule has 0 atom stereocenters. The van der Waals surface area contributed by atoms with Gasteiger partial charge in [-0.25, -0.2) is 9.67 Å². The van der Waals surface area contributed by atoms with Gasteiger partial charge in [0.25, 0.3) is 5.91 Å². The van der Waals surface area contributed by atoms with E-state index < -0.39 is 11.9 Å². The van der Waals surface area contributed by atoms with Gasteiger partial charge in [-0.15, -0.1) is 0 Å². The van der Waals surface area contributed by atoms with Crippen LogP contribution in [0, 0.1) is 0 Å². The van der Waals surface area contributed by atoms with Crippen LogP contribution in [0.1, 0.15) is 39.5 Å². The number of rotatable bonds is 8. The van der Waals surface area contributed by atoms with Crippen LogP contribution in [0.15, 0.2) is 110 Å². The van der Waals surface area contributed by atoms with Crippen molar-refractivity contribution in [2.45, 2.75) is 18.5 Å². The largest absolute Gasteiger partial charge is 0.433 e. The highest BCUT2D eigenvalue weighted by molar-refractivity contribution is 5.93. The van der Waals surface area contributed by atoms with Gasteiger partial charge in [0.2, 0.25) is 0 Å². The molecule has 5 aromatic rings. The molecule has 0 saturated carbocycles. The first-order chi connectivity index (χ1) is 18.9. The molecule has 0 spiro atoms. The summed E-state index contributed by atoms with van der Waals surface area (Å²) in [6.45, 7) is 0.404. The molecular formula is C30H24F3N5O. The van der Waals surface area contributed by atoms with E-state index in [1.165, 1.54) is 30.7 Å². The Morgan fingerprint density at radius 3 is 2.13 bits per heavy atom. The van der Waals surface area contributed by atoms with Crippen molar-refractivity contribution >= 4 is 5.91 Å². The number of carbonyl (C=O) groups is 1. The second-order valence-corrected chi connectivity index (χ2v) is 8.89. The first-order valence-electron chi connectivity index (χ1n) is 12.3. The molecular weight excluding hydrogens is 503 g/mol. The van der Waals surface area contributed by atoms with E-state index in [0.717, 1.165) is 21.9 Å². The van der Waals surface area contributed by atoms with Crippen LogP contribution in [-0.2, 0) is 6.18 Å². The predicted octanol–water partition coefficient (Wildman–Crippen LogP) is 6.30. The lowest BCUT2D eigenvalue weighted by Gasteiger charge is -2.18. The van der Waals surface area contributed by atoms with E-state index in [1.54, 1.807) is 12.1 Å². The minimum atomic E-state index is -4.65. The fourth-order valence-electron chi connectivity index (χ4n) is 4.39. The Hall–Kier alpha value is -4.79. The Bertz CT molecular complexity index is 1480. The molecule has 196 valence electrons. The third kappa shape index (κ3) is 6.04. The fourth-order valence-corrected chi connectivity index (χ4v) is 4.39. The zero-order chi connectivity index (χ0) is 27.2. The van der Waals surface area contributed by atoms with Gasteiger partial charge in [-0.05, 0) is 47.9 Å². The lowest BCUT2D eigenvalue weighted by Crippen LogP contribution is -2.26. The highest BCUT2D eigenvalue weighted by Crippen LogP contribution is 2.33. The van der Waals surface area contributed by atoms with Gasteiger partial charge >= 0.3 is 6.18 Å². The monoisotopic (exact) mass is 527 g/mol. The van der Waals surface area contributed by atoms with E-state index in [0.29, 0.717) is 18.5 Å². The first-order valence-corrected chi connectivity index (χ1v) is 12.3. The van der Waals surface area contributed by atoms with E-state index in [-0.39, 0.29) is 28.9 Å². The SMILES string of the molecule is O=C(NCCC(c1ccccc1)c1ccccc1)c1ccc(-n2nc(-c3cccnc3)cc2C(F)(F)F)nc1. The molecule has 0 aliphatic carbocycles. The smallest absolute Gasteiger partial charge is 0.352 e. The molecule has 9 heteroatoms. The van der Waals surface area contributed by atoms with Crippen molar-refractivity contribution in [3.8, 4) is 17.1 Å². The number of aromatic nitrogens is 4. The van der Waals surface area contributed by atoms with Crippen molar-refractivity contribution in [2.75, 3.05) is 6.54 Å². The fraction of sp³-hybridized carbons (Fsp3) is 0.133. The number of hydrogen-bond donors (Lipinski definition) is 1. The standard InChI is InChI=1S/C30H24F3N5O/c31-30(32,33)27-18-26(23-12-7-16-34-19-23)37-38(27)28-14-13-24(20-36-28)29(39)35-17-15-25(21-8-3-1-4-9-21)22-10-5-2-6-11-22/h1-14,16,18-20,25H,15,17H2,(H,35,39). The molecule has 39 heavy (non-hydrogen) atoms. The minimum Gasteiger partial charge on any atom is -0.352 e. The van der Waals surface area contributed by atoms with Gasteiger partial charge in [0.15, 0.2) is 11.5 Å². The van der Waals surface area contributed by atoms with Crippen LogP contribution >= 0.6 is 0 Å². The summed E-state index contributed by atoms with van der Waals surface area (Å²) >= 11 is 0. The summed E-state index contributed by atoms with van der Waals surface area (Å²) in [5.41, 5.74) is 2.12. The minimum absolute atomic E-state index is 0.0535. The van der Waals surface area contributed by atoms with Gasteiger partial charge < -0.3 is 5.32 Å². The summed E-state index contributed by atoms with van der Waals surface area (Å²) in [7, 11) is 0. The van der Waals surface area contributed by atoms with Crippen molar-refractivity contribution in [3.63, 3.8) is 0 Å². The summed E-state index contributed by atoms with van der Waals surface area (Å²) in [4.78, 5) is 20.9. The zero-order valence-corrected chi connectivity index (χ0v) is 20.7. The van der Waals surface area contributed by atoms with Gasteiger partial charge in [-0.1, -0.05) is 60.7 Å². The van der Waals surface area contributed by atoms with Crippen LogP contribution in [0.3, 0.4) is 0 Å². The number of amides is 1. The Kier molecular flexibility index (Phi) is 7.49. The van der Waals surface area contributed by atoms with Crippen LogP contribution in [0.5, 0.6) is 0 Å². The molecule has 2 aromatic carbocycles. The normalized spacial score (nSPS) is 11.5. The van der Waals surface area contributed by atoms with Crippen LogP contribution in [0.25, 0.3) is 17.1 Å². The zero-order valence-electron chi connectivity index (χ0n) is 20.7. The van der Waals surface area contributed by atoms with Crippen LogP contribution in [-0.4, -0.2) is 32.2 Å². The van der Waals surface area contributed by atoms with Crippen molar-refractivity contribution < 1.29 is 18.0 Å². The number of hydrogen-bond acceptors (Lipinski definition) is 4. The number of nitrogens with one attached hydrogen (secondary N) is 1. The Morgan fingerprint density at radius 2 is 1.56 bits per heavy atom. The van der Waals surface area contributed by atoms with Crippen LogP contribution in [0.4, 0.5) is 13.2 Å². The molecule has 3 aromatic heterocycles. The Morgan fingerprint density at radius 1 is 0.872 bits per heavy atom. The third-order valence-corrected chi connectivity index (χ3v) is 6.31. The molecule has 1 amide bonds. The number of pyridine rings is 2. The highest BCUT2D eigenvalue weighted by Gasteiger charge is 2.37. The average molecular weight is 528 g/mol. The van der Waals surface area contributed by atoms with E-state index in [4.69, 9.17) is 0 Å². The first kappa shape index (κ1) is 25.8. The average Bonchev–Trinajstić information content (AvgIpc) is 3.43. The molecule has 3 heterocycles. The Balaban J connectivity index is 1.30. The van der Waals surface area contributed by atoms with Crippen LogP contribution in [0.2, 0.25) is 0 Å². The molecule has 0 fully saturated rings. The van der Waals surface area contributed by atoms with Gasteiger partial charge in [-0.2, -0.15) is 18.3 Å². The highest BCUT2D eigenvalue weighted by atomic mass is 19.4. The molecule has 0 aliphatic rings. The topological polar surface area (TPSA) is 72.7 Å². The quantitative estimate of drug-likeness (QED) is 0.257. The number of nitrogens with zero attached hydrogens (tertiary/aromatic N) is 4. The van der Waals surface area contributed by atoms with Gasteiger partial charge in [0.1, 0.15) is 0 Å². The lowest BCUT2D eigenvalue weighted by atomic mass is 9.88. The van der Waals surface area contributed by atoms with E-state index in [9.17, 15) is 18.0 Å². The lowest BCUT2D eigenvalue weighted by molar-refractivity contribution is -0.142. The maximum Gasteiger partial charge on any atom is 0.433 e. The molecule has 0 radical (unpaired) electrons.